The highest BCUT2D eigenvalue weighted by Gasteiger charge is 2.12. The molecule has 0 fully saturated rings. The van der Waals surface area contributed by atoms with Crippen molar-refractivity contribution < 1.29 is 4.79 Å². The lowest BCUT2D eigenvalue weighted by atomic mass is 10.1. The van der Waals surface area contributed by atoms with E-state index in [1.165, 1.54) is 6.33 Å². The van der Waals surface area contributed by atoms with Crippen LogP contribution < -0.4 is 5.32 Å². The molecule has 2 rings (SSSR count). The number of nitrogens with zero attached hydrogens (tertiary/aromatic N) is 2. The molecule has 1 heterocycles. The van der Waals surface area contributed by atoms with Crippen LogP contribution in [0, 0.1) is 6.92 Å². The van der Waals surface area contributed by atoms with E-state index in [4.69, 9.17) is 23.2 Å². The SMILES string of the molecule is Cc1ccc(C(=O)Nc2ncnc(Cl)c2Cl)cc1Br. The molecule has 2 aromatic rings. The smallest absolute Gasteiger partial charge is 0.256 e. The third kappa shape index (κ3) is 3.23. The lowest BCUT2D eigenvalue weighted by Crippen LogP contribution is -2.13. The van der Waals surface area contributed by atoms with E-state index in [2.05, 4.69) is 31.2 Å². The van der Waals surface area contributed by atoms with Gasteiger partial charge in [0.15, 0.2) is 11.0 Å². The molecule has 1 amide bonds. The number of carbonyl (C=O) groups excluding carboxylic acids is 1. The van der Waals surface area contributed by atoms with Crippen molar-refractivity contribution in [3.63, 3.8) is 0 Å². The van der Waals surface area contributed by atoms with Crippen molar-refractivity contribution in [3.8, 4) is 0 Å². The van der Waals surface area contributed by atoms with Crippen molar-refractivity contribution in [2.24, 2.45) is 0 Å². The normalized spacial score (nSPS) is 10.3. The predicted molar refractivity (Wildman–Crippen MR) is 78.9 cm³/mol. The van der Waals surface area contributed by atoms with Crippen molar-refractivity contribution >= 4 is 50.9 Å². The molecule has 0 atom stereocenters. The minimum atomic E-state index is -0.322. The molecule has 0 unspecified atom stereocenters. The maximum atomic E-state index is 12.0. The number of amides is 1. The Kier molecular flexibility index (Phi) is 4.39. The van der Waals surface area contributed by atoms with Gasteiger partial charge >= 0.3 is 0 Å². The first-order valence-corrected chi connectivity index (χ1v) is 6.77. The fraction of sp³-hybridized carbons (Fsp3) is 0.0833. The molecule has 98 valence electrons. The largest absolute Gasteiger partial charge is 0.305 e. The predicted octanol–water partition coefficient (Wildman–Crippen LogP) is 4.11. The van der Waals surface area contributed by atoms with Crippen LogP contribution in [0.25, 0.3) is 0 Å². The number of anilines is 1. The summed E-state index contributed by atoms with van der Waals surface area (Å²) in [5.41, 5.74) is 1.53. The van der Waals surface area contributed by atoms with Gasteiger partial charge in [0, 0.05) is 10.0 Å². The van der Waals surface area contributed by atoms with Gasteiger partial charge in [-0.3, -0.25) is 4.79 Å². The minimum absolute atomic E-state index is 0.0945. The summed E-state index contributed by atoms with van der Waals surface area (Å²) < 4.78 is 0.854. The molecule has 0 aliphatic rings. The number of aromatic nitrogens is 2. The van der Waals surface area contributed by atoms with Crippen molar-refractivity contribution in [1.29, 1.82) is 0 Å². The van der Waals surface area contributed by atoms with Crippen molar-refractivity contribution in [3.05, 3.63) is 50.3 Å². The quantitative estimate of drug-likeness (QED) is 0.820. The van der Waals surface area contributed by atoms with E-state index in [9.17, 15) is 4.79 Å². The molecule has 1 aromatic heterocycles. The average molecular weight is 361 g/mol. The zero-order valence-corrected chi connectivity index (χ0v) is 12.8. The number of carbonyl (C=O) groups is 1. The molecule has 4 nitrogen and oxygen atoms in total. The molecule has 1 aromatic carbocycles. The van der Waals surface area contributed by atoms with Crippen LogP contribution in [-0.4, -0.2) is 15.9 Å². The summed E-state index contributed by atoms with van der Waals surface area (Å²) >= 11 is 15.0. The van der Waals surface area contributed by atoms with Crippen LogP contribution in [0.3, 0.4) is 0 Å². The molecule has 0 saturated heterocycles. The van der Waals surface area contributed by atoms with Gasteiger partial charge in [-0.05, 0) is 24.6 Å². The Morgan fingerprint density at radius 1 is 1.32 bits per heavy atom. The Bertz CT molecular complexity index is 649. The molecule has 0 radical (unpaired) electrons. The van der Waals surface area contributed by atoms with Crippen LogP contribution in [0.4, 0.5) is 5.82 Å². The fourth-order valence-electron chi connectivity index (χ4n) is 1.35. The Morgan fingerprint density at radius 3 is 2.74 bits per heavy atom. The summed E-state index contributed by atoms with van der Waals surface area (Å²) in [5, 5.41) is 2.80. The molecular weight excluding hydrogens is 353 g/mol. The van der Waals surface area contributed by atoms with Gasteiger partial charge in [-0.1, -0.05) is 45.2 Å². The van der Waals surface area contributed by atoms with Crippen molar-refractivity contribution in [2.75, 3.05) is 5.32 Å². The van der Waals surface area contributed by atoms with Gasteiger partial charge in [-0.15, -0.1) is 0 Å². The van der Waals surface area contributed by atoms with Crippen LogP contribution in [0.1, 0.15) is 15.9 Å². The molecule has 0 aliphatic carbocycles. The highest BCUT2D eigenvalue weighted by atomic mass is 79.9. The molecular formula is C12H8BrCl2N3O. The van der Waals surface area contributed by atoms with Crippen molar-refractivity contribution in [2.45, 2.75) is 6.92 Å². The first kappa shape index (κ1) is 14.2. The summed E-state index contributed by atoms with van der Waals surface area (Å²) in [6, 6.07) is 5.28. The van der Waals surface area contributed by atoms with Gasteiger partial charge < -0.3 is 5.32 Å². The van der Waals surface area contributed by atoms with E-state index in [1.54, 1.807) is 12.1 Å². The molecule has 0 saturated carbocycles. The molecule has 7 heteroatoms. The third-order valence-corrected chi connectivity index (χ3v) is 4.01. The van der Waals surface area contributed by atoms with Gasteiger partial charge in [-0.2, -0.15) is 0 Å². The highest BCUT2D eigenvalue weighted by molar-refractivity contribution is 9.10. The monoisotopic (exact) mass is 359 g/mol. The summed E-state index contributed by atoms with van der Waals surface area (Å²) in [7, 11) is 0. The summed E-state index contributed by atoms with van der Waals surface area (Å²) in [5.74, 6) is -0.138. The number of hydrogen-bond donors (Lipinski definition) is 1. The second kappa shape index (κ2) is 5.86. The third-order valence-electron chi connectivity index (χ3n) is 2.41. The van der Waals surface area contributed by atoms with E-state index in [1.807, 2.05) is 13.0 Å². The first-order chi connectivity index (χ1) is 8.99. The zero-order valence-electron chi connectivity index (χ0n) is 9.75. The average Bonchev–Trinajstić information content (AvgIpc) is 2.38. The number of benzene rings is 1. The van der Waals surface area contributed by atoms with Crippen LogP contribution >= 0.6 is 39.1 Å². The summed E-state index contributed by atoms with van der Waals surface area (Å²) in [6.07, 6.45) is 1.23. The van der Waals surface area contributed by atoms with Crippen LogP contribution in [-0.2, 0) is 0 Å². The topological polar surface area (TPSA) is 54.9 Å². The van der Waals surface area contributed by atoms with Crippen LogP contribution in [0.5, 0.6) is 0 Å². The number of halogens is 3. The number of aryl methyl sites for hydroxylation is 1. The Labute approximate surface area is 128 Å². The summed E-state index contributed by atoms with van der Waals surface area (Å²) in [4.78, 5) is 19.6. The standard InChI is InChI=1S/C12H8BrCl2N3O/c1-6-2-3-7(4-8(6)13)12(19)18-11-9(14)10(15)16-5-17-11/h2-5H,1H3,(H,16,17,18,19). The summed E-state index contributed by atoms with van der Waals surface area (Å²) in [6.45, 7) is 1.94. The number of nitrogens with one attached hydrogen (secondary N) is 1. The van der Waals surface area contributed by atoms with Gasteiger partial charge in [0.2, 0.25) is 0 Å². The van der Waals surface area contributed by atoms with Crippen LogP contribution in [0.15, 0.2) is 29.0 Å². The maximum absolute atomic E-state index is 12.0. The molecule has 1 N–H and O–H groups in total. The Hall–Kier alpha value is -1.17. The Balaban J connectivity index is 2.26. The zero-order chi connectivity index (χ0) is 14.0. The first-order valence-electron chi connectivity index (χ1n) is 5.22. The van der Waals surface area contributed by atoms with Crippen molar-refractivity contribution in [1.82, 2.24) is 9.97 Å². The Morgan fingerprint density at radius 2 is 2.05 bits per heavy atom. The van der Waals surface area contributed by atoms with Gasteiger partial charge in [0.05, 0.1) is 0 Å². The van der Waals surface area contributed by atoms with E-state index < -0.39 is 0 Å². The fourth-order valence-corrected chi connectivity index (χ4v) is 2.01. The van der Waals surface area contributed by atoms with E-state index >= 15 is 0 Å². The second-order valence-corrected chi connectivity index (χ2v) is 5.34. The number of hydrogen-bond acceptors (Lipinski definition) is 3. The highest BCUT2D eigenvalue weighted by Crippen LogP contribution is 2.26. The lowest BCUT2D eigenvalue weighted by molar-refractivity contribution is 0.102. The lowest BCUT2D eigenvalue weighted by Gasteiger charge is -2.07. The van der Waals surface area contributed by atoms with Gasteiger partial charge in [0.1, 0.15) is 11.3 Å². The van der Waals surface area contributed by atoms with Gasteiger partial charge in [0.25, 0.3) is 5.91 Å². The van der Waals surface area contributed by atoms with Crippen LogP contribution in [0.2, 0.25) is 10.2 Å². The number of rotatable bonds is 2. The maximum Gasteiger partial charge on any atom is 0.256 e. The van der Waals surface area contributed by atoms with E-state index in [0.717, 1.165) is 10.0 Å². The molecule has 19 heavy (non-hydrogen) atoms. The van der Waals surface area contributed by atoms with E-state index in [0.29, 0.717) is 5.56 Å². The molecule has 0 spiro atoms. The second-order valence-electron chi connectivity index (χ2n) is 3.75. The van der Waals surface area contributed by atoms with Gasteiger partial charge in [-0.25, -0.2) is 9.97 Å². The minimum Gasteiger partial charge on any atom is -0.305 e. The van der Waals surface area contributed by atoms with E-state index in [-0.39, 0.29) is 21.9 Å². The molecule has 0 aliphatic heterocycles. The molecule has 0 bridgehead atoms.